The Morgan fingerprint density at radius 1 is 1.03 bits per heavy atom. The van der Waals surface area contributed by atoms with E-state index in [2.05, 4.69) is 20.4 Å². The predicted octanol–water partition coefficient (Wildman–Crippen LogP) is 2.38. The van der Waals surface area contributed by atoms with Crippen molar-refractivity contribution < 1.29 is 13.2 Å². The Balaban J connectivity index is 1.31. The van der Waals surface area contributed by atoms with E-state index >= 15 is 0 Å². The number of amides is 1. The summed E-state index contributed by atoms with van der Waals surface area (Å²) in [5, 5.41) is 7.84. The molecule has 5 rings (SSSR count). The number of hydrogen-bond acceptors (Lipinski definition) is 6. The van der Waals surface area contributed by atoms with E-state index in [1.165, 1.54) is 6.20 Å². The second kappa shape index (κ2) is 7.57. The molecule has 0 aliphatic rings. The summed E-state index contributed by atoms with van der Waals surface area (Å²) in [4.78, 5) is 21.0. The van der Waals surface area contributed by atoms with Crippen molar-refractivity contribution >= 4 is 32.4 Å². The molecule has 0 aliphatic heterocycles. The molecule has 1 amide bonds. The molecule has 10 heteroatoms. The van der Waals surface area contributed by atoms with Gasteiger partial charge in [-0.25, -0.2) is 18.4 Å². The molecule has 0 unspecified atom stereocenters. The van der Waals surface area contributed by atoms with E-state index in [0.29, 0.717) is 11.3 Å². The summed E-state index contributed by atoms with van der Waals surface area (Å²) in [6, 6.07) is 11.3. The molecule has 0 atom stereocenters. The van der Waals surface area contributed by atoms with Crippen molar-refractivity contribution in [3.8, 4) is 0 Å². The van der Waals surface area contributed by atoms with Crippen molar-refractivity contribution in [3.63, 3.8) is 0 Å². The summed E-state index contributed by atoms with van der Waals surface area (Å²) in [5.41, 5.74) is 1.91. The predicted molar refractivity (Wildman–Crippen MR) is 117 cm³/mol. The third-order valence-corrected chi connectivity index (χ3v) is 6.86. The lowest BCUT2D eigenvalue weighted by Gasteiger charge is -2.08. The lowest BCUT2D eigenvalue weighted by Crippen LogP contribution is -2.23. The summed E-state index contributed by atoms with van der Waals surface area (Å²) in [6.07, 6.45) is 8.21. The molecule has 160 valence electrons. The van der Waals surface area contributed by atoms with Gasteiger partial charge in [0.05, 0.1) is 20.9 Å². The van der Waals surface area contributed by atoms with Crippen molar-refractivity contribution in [3.05, 3.63) is 84.6 Å². The highest BCUT2D eigenvalue weighted by Crippen LogP contribution is 2.24. The van der Waals surface area contributed by atoms with E-state index in [1.807, 2.05) is 0 Å². The van der Waals surface area contributed by atoms with Crippen molar-refractivity contribution in [1.29, 1.82) is 0 Å². The van der Waals surface area contributed by atoms with Crippen LogP contribution in [0.5, 0.6) is 0 Å². The molecule has 0 saturated heterocycles. The van der Waals surface area contributed by atoms with E-state index in [0.717, 1.165) is 16.5 Å². The van der Waals surface area contributed by atoms with Crippen LogP contribution in [0.1, 0.15) is 15.9 Å². The zero-order chi connectivity index (χ0) is 22.3. The number of nitrogens with one attached hydrogen (secondary N) is 1. The van der Waals surface area contributed by atoms with Crippen LogP contribution < -0.4 is 5.32 Å². The number of hydrogen-bond donors (Lipinski definition) is 1. The van der Waals surface area contributed by atoms with E-state index in [9.17, 15) is 13.2 Å². The molecule has 3 aromatic heterocycles. The first-order valence-corrected chi connectivity index (χ1v) is 11.2. The van der Waals surface area contributed by atoms with Gasteiger partial charge in [0.2, 0.25) is 15.6 Å². The summed E-state index contributed by atoms with van der Waals surface area (Å²) in [7, 11) is -1.88. The second-order valence-corrected chi connectivity index (χ2v) is 9.28. The van der Waals surface area contributed by atoms with Crippen molar-refractivity contribution in [2.24, 2.45) is 7.05 Å². The van der Waals surface area contributed by atoms with Gasteiger partial charge >= 0.3 is 0 Å². The maximum Gasteiger partial charge on any atom is 0.254 e. The third kappa shape index (κ3) is 3.60. The van der Waals surface area contributed by atoms with Crippen molar-refractivity contribution in [1.82, 2.24) is 29.5 Å². The highest BCUT2D eigenvalue weighted by atomic mass is 32.2. The zero-order valence-corrected chi connectivity index (χ0v) is 17.8. The van der Waals surface area contributed by atoms with Gasteiger partial charge < -0.3 is 5.32 Å². The first-order chi connectivity index (χ1) is 15.4. The minimum atomic E-state index is -3.67. The van der Waals surface area contributed by atoms with Crippen LogP contribution in [0.25, 0.3) is 16.7 Å². The number of aromatic nitrogens is 5. The summed E-state index contributed by atoms with van der Waals surface area (Å²) >= 11 is 0. The quantitative estimate of drug-likeness (QED) is 0.444. The van der Waals surface area contributed by atoms with Gasteiger partial charge in [-0.05, 0) is 35.9 Å². The van der Waals surface area contributed by atoms with Crippen LogP contribution >= 0.6 is 0 Å². The van der Waals surface area contributed by atoms with Crippen LogP contribution in [0.15, 0.2) is 83.2 Å². The first kappa shape index (κ1) is 19.9. The molecule has 5 aromatic rings. The van der Waals surface area contributed by atoms with Crippen molar-refractivity contribution in [2.45, 2.75) is 16.3 Å². The lowest BCUT2D eigenvalue weighted by atomic mass is 10.2. The Kier molecular flexibility index (Phi) is 4.71. The lowest BCUT2D eigenvalue weighted by molar-refractivity contribution is 0.0950. The normalized spacial score (nSPS) is 11.8. The van der Waals surface area contributed by atoms with Gasteiger partial charge in [0.15, 0.2) is 0 Å². The Bertz CT molecular complexity index is 1570. The number of fused-ring (bicyclic) bond motifs is 2. The number of aryl methyl sites for hydroxylation is 1. The van der Waals surface area contributed by atoms with Gasteiger partial charge in [0.25, 0.3) is 5.91 Å². The molecule has 0 fully saturated rings. The fourth-order valence-electron chi connectivity index (χ4n) is 3.43. The smallest absolute Gasteiger partial charge is 0.254 e. The highest BCUT2D eigenvalue weighted by molar-refractivity contribution is 7.91. The van der Waals surface area contributed by atoms with Crippen LogP contribution in [0.3, 0.4) is 0 Å². The van der Waals surface area contributed by atoms with Gasteiger partial charge in [-0.2, -0.15) is 5.10 Å². The Morgan fingerprint density at radius 3 is 2.62 bits per heavy atom. The molecule has 0 spiro atoms. The fraction of sp³-hybridized carbons (Fsp3) is 0.0909. The largest absolute Gasteiger partial charge is 0.348 e. The van der Waals surface area contributed by atoms with Crippen LogP contribution in [-0.2, 0) is 23.4 Å². The monoisotopic (exact) mass is 446 g/mol. The Labute approximate surface area is 183 Å². The average Bonchev–Trinajstić information content (AvgIpc) is 3.41. The second-order valence-electron chi connectivity index (χ2n) is 7.33. The van der Waals surface area contributed by atoms with Crippen molar-refractivity contribution in [2.75, 3.05) is 0 Å². The zero-order valence-electron chi connectivity index (χ0n) is 17.0. The van der Waals surface area contributed by atoms with E-state index in [1.54, 1.807) is 83.4 Å². The van der Waals surface area contributed by atoms with Gasteiger partial charge in [0.1, 0.15) is 0 Å². The molecule has 32 heavy (non-hydrogen) atoms. The number of nitrogens with zero attached hydrogens (tertiary/aromatic N) is 5. The minimum Gasteiger partial charge on any atom is -0.348 e. The average molecular weight is 446 g/mol. The topological polar surface area (TPSA) is 111 Å². The molecule has 0 bridgehead atoms. The first-order valence-electron chi connectivity index (χ1n) is 9.74. The summed E-state index contributed by atoms with van der Waals surface area (Å²) < 4.78 is 29.4. The maximum absolute atomic E-state index is 13.0. The number of imidazole rings is 1. The molecule has 0 saturated carbocycles. The van der Waals surface area contributed by atoms with Gasteiger partial charge in [-0.1, -0.05) is 12.1 Å². The van der Waals surface area contributed by atoms with Crippen LogP contribution in [0.2, 0.25) is 0 Å². The molecule has 0 aliphatic carbocycles. The number of sulfone groups is 1. The Hall–Kier alpha value is -4.05. The van der Waals surface area contributed by atoms with Crippen LogP contribution in [-0.4, -0.2) is 38.5 Å². The molecule has 1 N–H and O–H groups in total. The van der Waals surface area contributed by atoms with Crippen LogP contribution in [0, 0.1) is 0 Å². The molecule has 2 aromatic carbocycles. The van der Waals surface area contributed by atoms with E-state index < -0.39 is 9.84 Å². The minimum absolute atomic E-state index is 0.186. The van der Waals surface area contributed by atoms with Gasteiger partial charge in [0, 0.05) is 50.0 Å². The SMILES string of the molecule is Cn1cc2cc(S(=O)(=O)c3ccc(CNC(=O)c4cnc5nccn5c4)cc3)ccc2n1. The fourth-order valence-corrected chi connectivity index (χ4v) is 4.73. The standard InChI is InChI=1S/C22H18N6O3S/c1-27-13-16-10-19(6-7-20(16)26-27)32(30,31)18-4-2-15(3-5-18)11-24-21(29)17-12-25-22-23-8-9-28(22)14-17/h2-10,12-14H,11H2,1H3,(H,24,29). The molecule has 0 radical (unpaired) electrons. The molecule has 9 nitrogen and oxygen atoms in total. The van der Waals surface area contributed by atoms with Gasteiger partial charge in [-0.3, -0.25) is 13.9 Å². The Morgan fingerprint density at radius 2 is 1.81 bits per heavy atom. The molecular formula is C22H18N6O3S. The number of rotatable bonds is 5. The third-order valence-electron chi connectivity index (χ3n) is 5.10. The number of carbonyl (C=O) groups is 1. The molecular weight excluding hydrogens is 428 g/mol. The van der Waals surface area contributed by atoms with Crippen LogP contribution in [0.4, 0.5) is 0 Å². The maximum atomic E-state index is 13.0. The summed E-state index contributed by atoms with van der Waals surface area (Å²) in [5.74, 6) is 0.232. The number of benzene rings is 2. The highest BCUT2D eigenvalue weighted by Gasteiger charge is 2.18. The van der Waals surface area contributed by atoms with Gasteiger partial charge in [-0.15, -0.1) is 0 Å². The summed E-state index contributed by atoms with van der Waals surface area (Å²) in [6.45, 7) is 0.253. The van der Waals surface area contributed by atoms with E-state index in [-0.39, 0.29) is 22.2 Å². The molecule has 3 heterocycles. The van der Waals surface area contributed by atoms with E-state index in [4.69, 9.17) is 0 Å². The number of carbonyl (C=O) groups excluding carboxylic acids is 1.